The van der Waals surface area contributed by atoms with Crippen molar-refractivity contribution in [2.75, 3.05) is 0 Å². The number of hydrogen-bond acceptors (Lipinski definition) is 8. The van der Waals surface area contributed by atoms with Gasteiger partial charge in [0, 0.05) is 12.8 Å². The number of carbonyl (C=O) groups is 6. The molecule has 9 N–H and O–H groups in total. The number of nitrogens with two attached hydrogens (primary N) is 1. The summed E-state index contributed by atoms with van der Waals surface area (Å²) >= 11 is 0. The third kappa shape index (κ3) is 10.5. The molecular weight excluding hydrogens is 480 g/mol. The van der Waals surface area contributed by atoms with Crippen LogP contribution in [0.4, 0.5) is 0 Å². The Balaban J connectivity index is 3.04. The molecule has 198 valence electrons. The molecule has 0 aliphatic heterocycles. The Morgan fingerprint density at radius 1 is 0.806 bits per heavy atom. The van der Waals surface area contributed by atoms with E-state index in [2.05, 4.69) is 16.0 Å². The Morgan fingerprint density at radius 3 is 1.83 bits per heavy atom. The monoisotopic (exact) mass is 510 g/mol. The summed E-state index contributed by atoms with van der Waals surface area (Å²) in [5.41, 5.74) is 6.10. The molecule has 1 aromatic carbocycles. The summed E-state index contributed by atoms with van der Waals surface area (Å²) in [6.07, 6.45) is -3.36. The van der Waals surface area contributed by atoms with Gasteiger partial charge in [0.05, 0.1) is 12.5 Å². The Bertz CT molecular complexity index is 953. The highest BCUT2D eigenvalue weighted by atomic mass is 16.4. The van der Waals surface area contributed by atoms with E-state index in [4.69, 9.17) is 10.8 Å². The lowest BCUT2D eigenvalue weighted by molar-refractivity contribution is -0.143. The van der Waals surface area contributed by atoms with Crippen LogP contribution in [0.25, 0.3) is 0 Å². The molecule has 0 aromatic heterocycles. The average molecular weight is 511 g/mol. The average Bonchev–Trinajstić information content (AvgIpc) is 2.80. The summed E-state index contributed by atoms with van der Waals surface area (Å²) < 4.78 is 0. The van der Waals surface area contributed by atoms with Gasteiger partial charge in [-0.3, -0.25) is 24.0 Å². The molecule has 14 nitrogen and oxygen atoms in total. The molecule has 14 heteroatoms. The zero-order valence-electron chi connectivity index (χ0n) is 19.4. The van der Waals surface area contributed by atoms with Crippen LogP contribution in [-0.4, -0.2) is 86.3 Å². The van der Waals surface area contributed by atoms with E-state index >= 15 is 0 Å². The van der Waals surface area contributed by atoms with E-state index in [1.807, 2.05) is 0 Å². The van der Waals surface area contributed by atoms with Crippen LogP contribution in [0, 0.1) is 0 Å². The number of carbonyl (C=O) groups excluding carboxylic acids is 3. The summed E-state index contributed by atoms with van der Waals surface area (Å²) in [5, 5.41) is 43.5. The van der Waals surface area contributed by atoms with Crippen LogP contribution in [0.1, 0.15) is 31.7 Å². The van der Waals surface area contributed by atoms with Crippen molar-refractivity contribution in [2.24, 2.45) is 5.73 Å². The molecule has 0 heterocycles. The topological polar surface area (TPSA) is 245 Å². The number of carboxylic acid groups (broad SMARTS) is 3. The molecular formula is C22H30N4O10. The predicted molar refractivity (Wildman–Crippen MR) is 122 cm³/mol. The molecule has 0 aliphatic carbocycles. The second kappa shape index (κ2) is 14.4. The second-order valence-corrected chi connectivity index (χ2v) is 8.01. The van der Waals surface area contributed by atoms with Crippen molar-refractivity contribution in [3.63, 3.8) is 0 Å². The number of nitrogens with one attached hydrogen (secondary N) is 3. The van der Waals surface area contributed by atoms with Gasteiger partial charge in [-0.15, -0.1) is 0 Å². The lowest BCUT2D eigenvalue weighted by atomic mass is 10.0. The number of rotatable bonds is 15. The van der Waals surface area contributed by atoms with Crippen LogP contribution < -0.4 is 21.7 Å². The first-order chi connectivity index (χ1) is 16.8. The van der Waals surface area contributed by atoms with Crippen molar-refractivity contribution in [2.45, 2.75) is 62.9 Å². The minimum absolute atomic E-state index is 0.121. The SMILES string of the molecule is CC(O)C(N)C(=O)NC(CCC(=O)O)C(=O)NC(CC(=O)O)C(=O)NC(Cc1ccccc1)C(=O)O. The summed E-state index contributed by atoms with van der Waals surface area (Å²) in [7, 11) is 0. The number of benzene rings is 1. The quantitative estimate of drug-likeness (QED) is 0.126. The zero-order valence-corrected chi connectivity index (χ0v) is 19.4. The lowest BCUT2D eigenvalue weighted by Crippen LogP contribution is -2.58. The first-order valence-electron chi connectivity index (χ1n) is 10.9. The molecule has 0 saturated heterocycles. The summed E-state index contributed by atoms with van der Waals surface area (Å²) in [5.74, 6) is -7.38. The first kappa shape index (κ1) is 30.0. The fourth-order valence-corrected chi connectivity index (χ4v) is 3.00. The minimum Gasteiger partial charge on any atom is -0.481 e. The van der Waals surface area contributed by atoms with Crippen LogP contribution in [0.15, 0.2) is 30.3 Å². The van der Waals surface area contributed by atoms with Crippen molar-refractivity contribution in [1.82, 2.24) is 16.0 Å². The van der Waals surface area contributed by atoms with Gasteiger partial charge in [0.15, 0.2) is 0 Å². The van der Waals surface area contributed by atoms with Gasteiger partial charge in [0.1, 0.15) is 24.2 Å². The van der Waals surface area contributed by atoms with Crippen LogP contribution in [0.3, 0.4) is 0 Å². The number of hydrogen-bond donors (Lipinski definition) is 8. The van der Waals surface area contributed by atoms with Gasteiger partial charge >= 0.3 is 17.9 Å². The maximum absolute atomic E-state index is 12.8. The third-order valence-corrected chi connectivity index (χ3v) is 5.01. The molecule has 0 fully saturated rings. The van der Waals surface area contributed by atoms with Gasteiger partial charge in [-0.1, -0.05) is 30.3 Å². The van der Waals surface area contributed by atoms with Gasteiger partial charge < -0.3 is 42.1 Å². The fourth-order valence-electron chi connectivity index (χ4n) is 3.00. The molecule has 5 atom stereocenters. The fraction of sp³-hybridized carbons (Fsp3) is 0.455. The number of aliphatic carboxylic acids is 3. The summed E-state index contributed by atoms with van der Waals surface area (Å²) in [6.45, 7) is 1.22. The normalized spacial score (nSPS) is 14.9. The number of aliphatic hydroxyl groups is 1. The number of amides is 3. The molecule has 1 aromatic rings. The van der Waals surface area contributed by atoms with Crippen molar-refractivity contribution in [1.29, 1.82) is 0 Å². The smallest absolute Gasteiger partial charge is 0.326 e. The maximum Gasteiger partial charge on any atom is 0.326 e. The first-order valence-corrected chi connectivity index (χ1v) is 10.9. The Labute approximate surface area is 205 Å². The second-order valence-electron chi connectivity index (χ2n) is 8.01. The largest absolute Gasteiger partial charge is 0.481 e. The zero-order chi connectivity index (χ0) is 27.4. The van der Waals surface area contributed by atoms with E-state index in [1.165, 1.54) is 6.92 Å². The van der Waals surface area contributed by atoms with Gasteiger partial charge in [-0.25, -0.2) is 4.79 Å². The van der Waals surface area contributed by atoms with E-state index in [0.29, 0.717) is 5.56 Å². The molecule has 5 unspecified atom stereocenters. The molecule has 0 saturated carbocycles. The lowest BCUT2D eigenvalue weighted by Gasteiger charge is -2.25. The van der Waals surface area contributed by atoms with Gasteiger partial charge in [0.25, 0.3) is 0 Å². The molecule has 0 spiro atoms. The van der Waals surface area contributed by atoms with Crippen LogP contribution in [0.2, 0.25) is 0 Å². The maximum atomic E-state index is 12.8. The Hall–Kier alpha value is -4.04. The molecule has 36 heavy (non-hydrogen) atoms. The summed E-state index contributed by atoms with van der Waals surface area (Å²) in [6, 6.07) is 2.13. The Kier molecular flexibility index (Phi) is 12.0. The number of carboxylic acids is 3. The van der Waals surface area contributed by atoms with E-state index in [9.17, 15) is 44.1 Å². The Morgan fingerprint density at radius 2 is 1.33 bits per heavy atom. The molecule has 0 aliphatic rings. The van der Waals surface area contributed by atoms with Crippen molar-refractivity contribution in [3.05, 3.63) is 35.9 Å². The third-order valence-electron chi connectivity index (χ3n) is 5.01. The summed E-state index contributed by atoms with van der Waals surface area (Å²) in [4.78, 5) is 71.6. The van der Waals surface area contributed by atoms with E-state index in [0.717, 1.165) is 0 Å². The molecule has 3 amide bonds. The number of aliphatic hydroxyl groups excluding tert-OH is 1. The van der Waals surface area contributed by atoms with Gasteiger partial charge in [-0.05, 0) is 18.9 Å². The van der Waals surface area contributed by atoms with Crippen molar-refractivity contribution >= 4 is 35.6 Å². The highest BCUT2D eigenvalue weighted by molar-refractivity contribution is 5.95. The molecule has 0 radical (unpaired) electrons. The van der Waals surface area contributed by atoms with Crippen LogP contribution in [0.5, 0.6) is 0 Å². The predicted octanol–water partition coefficient (Wildman–Crippen LogP) is -2.18. The van der Waals surface area contributed by atoms with E-state index in [-0.39, 0.29) is 6.42 Å². The van der Waals surface area contributed by atoms with E-state index < -0.39 is 85.2 Å². The van der Waals surface area contributed by atoms with Crippen molar-refractivity contribution in [3.8, 4) is 0 Å². The van der Waals surface area contributed by atoms with Crippen LogP contribution in [-0.2, 0) is 35.2 Å². The van der Waals surface area contributed by atoms with E-state index in [1.54, 1.807) is 30.3 Å². The van der Waals surface area contributed by atoms with Crippen LogP contribution >= 0.6 is 0 Å². The van der Waals surface area contributed by atoms with Gasteiger partial charge in [0.2, 0.25) is 17.7 Å². The molecule has 0 bridgehead atoms. The highest BCUT2D eigenvalue weighted by Gasteiger charge is 2.32. The van der Waals surface area contributed by atoms with Gasteiger partial charge in [-0.2, -0.15) is 0 Å². The molecule has 1 rings (SSSR count). The minimum atomic E-state index is -1.75. The standard InChI is InChI=1S/C22H30N4O10/c1-11(27)18(23)21(34)24-13(7-8-16(28)29)19(32)25-14(10-17(30)31)20(33)26-15(22(35)36)9-12-5-3-2-4-6-12/h2-6,11,13-15,18,27H,7-10,23H2,1H3,(H,24,34)(H,25,32)(H,26,33)(H,28,29)(H,30,31)(H,35,36). The van der Waals surface area contributed by atoms with Crippen molar-refractivity contribution < 1.29 is 49.2 Å². The highest BCUT2D eigenvalue weighted by Crippen LogP contribution is 2.06.